The van der Waals surface area contributed by atoms with E-state index < -0.39 is 67.4 Å². The van der Waals surface area contributed by atoms with Crippen molar-refractivity contribution in [2.75, 3.05) is 13.2 Å². The molecule has 76 heavy (non-hydrogen) atoms. The van der Waals surface area contributed by atoms with E-state index in [0.29, 0.717) is 12.8 Å². The number of hydrogen-bond donors (Lipinski definition) is 6. The first-order chi connectivity index (χ1) is 37.2. The lowest BCUT2D eigenvalue weighted by atomic mass is 9.99. The molecule has 1 fully saturated rings. The van der Waals surface area contributed by atoms with E-state index in [1.165, 1.54) is 70.6 Å². The fraction of sp³-hybridized carbons (Fsp3) is 0.662. The molecule has 0 aromatic heterocycles. The Labute approximate surface area is 461 Å². The van der Waals surface area contributed by atoms with Gasteiger partial charge >= 0.3 is 5.97 Å². The van der Waals surface area contributed by atoms with Crippen molar-refractivity contribution in [3.8, 4) is 0 Å². The Morgan fingerprint density at radius 3 is 1.57 bits per heavy atom. The van der Waals surface area contributed by atoms with E-state index in [1.807, 2.05) is 54.7 Å². The number of hydrogen-bond acceptors (Lipinski definition) is 10. The third kappa shape index (κ3) is 39.4. The van der Waals surface area contributed by atoms with Crippen LogP contribution in [0.1, 0.15) is 213 Å². The molecule has 6 N–H and O–H groups in total. The van der Waals surface area contributed by atoms with Crippen LogP contribution in [0.3, 0.4) is 0 Å². The zero-order valence-electron chi connectivity index (χ0n) is 47.6. The van der Waals surface area contributed by atoms with E-state index in [0.717, 1.165) is 96.3 Å². The number of allylic oxidation sites excluding steroid dienone is 19. The number of unbranched alkanes of at least 4 members (excludes halogenated alkanes) is 20. The number of aliphatic hydroxyl groups excluding tert-OH is 5. The van der Waals surface area contributed by atoms with Gasteiger partial charge in [-0.15, -0.1) is 0 Å². The maximum Gasteiger partial charge on any atom is 0.306 e. The van der Waals surface area contributed by atoms with Crippen molar-refractivity contribution in [1.82, 2.24) is 5.32 Å². The van der Waals surface area contributed by atoms with Crippen molar-refractivity contribution in [1.29, 1.82) is 0 Å². The van der Waals surface area contributed by atoms with Gasteiger partial charge in [0.05, 0.1) is 25.4 Å². The molecule has 11 nitrogen and oxygen atoms in total. The molecule has 1 aliphatic heterocycles. The van der Waals surface area contributed by atoms with E-state index >= 15 is 0 Å². The minimum atomic E-state index is -1.64. The number of aliphatic hydroxyl groups is 5. The van der Waals surface area contributed by atoms with Gasteiger partial charge in [-0.05, 0) is 89.9 Å². The van der Waals surface area contributed by atoms with Crippen LogP contribution in [0.2, 0.25) is 0 Å². The topological polar surface area (TPSA) is 175 Å². The van der Waals surface area contributed by atoms with Gasteiger partial charge in [0.2, 0.25) is 5.91 Å². The summed E-state index contributed by atoms with van der Waals surface area (Å²) in [5.74, 6) is -1.27. The molecule has 8 unspecified atom stereocenters. The quantitative estimate of drug-likeness (QED) is 0.0149. The van der Waals surface area contributed by atoms with Gasteiger partial charge in [0.1, 0.15) is 24.4 Å². The molecule has 8 atom stereocenters. The van der Waals surface area contributed by atoms with Crippen LogP contribution in [0.5, 0.6) is 0 Å². The van der Waals surface area contributed by atoms with Gasteiger partial charge < -0.3 is 45.1 Å². The Kier molecular flexibility index (Phi) is 47.8. The smallest absolute Gasteiger partial charge is 0.306 e. The third-order valence-electron chi connectivity index (χ3n) is 13.2. The summed E-state index contributed by atoms with van der Waals surface area (Å²) in [7, 11) is 0. The largest absolute Gasteiger partial charge is 0.454 e. The molecule has 0 bridgehead atoms. The van der Waals surface area contributed by atoms with E-state index in [-0.39, 0.29) is 19.4 Å². The number of nitrogens with one attached hydrogen (secondary N) is 1. The molecule has 11 heteroatoms. The van der Waals surface area contributed by atoms with Crippen molar-refractivity contribution in [2.45, 2.75) is 262 Å². The van der Waals surface area contributed by atoms with Gasteiger partial charge in [-0.1, -0.05) is 239 Å². The summed E-state index contributed by atoms with van der Waals surface area (Å²) in [6, 6.07) is -1.05. The van der Waals surface area contributed by atoms with Gasteiger partial charge in [-0.25, -0.2) is 0 Å². The first kappa shape index (κ1) is 70.1. The normalized spacial score (nSPS) is 20.0. The number of ether oxygens (including phenoxy) is 3. The molecule has 0 aliphatic carbocycles. The summed E-state index contributed by atoms with van der Waals surface area (Å²) >= 11 is 0. The molecule has 0 saturated carbocycles. The minimum absolute atomic E-state index is 0.0648. The van der Waals surface area contributed by atoms with Crippen molar-refractivity contribution in [3.05, 3.63) is 122 Å². The molecule has 1 saturated heterocycles. The number of carbonyl (C=O) groups is 2. The highest BCUT2D eigenvalue weighted by Crippen LogP contribution is 2.26. The highest BCUT2D eigenvalue weighted by Gasteiger charge is 2.47. The fourth-order valence-electron chi connectivity index (χ4n) is 8.48. The molecule has 1 aliphatic rings. The summed E-state index contributed by atoms with van der Waals surface area (Å²) in [4.78, 5) is 26.5. The second-order valence-electron chi connectivity index (χ2n) is 20.1. The highest BCUT2D eigenvalue weighted by molar-refractivity contribution is 5.80. The molecule has 0 radical (unpaired) electrons. The van der Waals surface area contributed by atoms with Crippen molar-refractivity contribution < 1.29 is 49.3 Å². The Bertz CT molecular complexity index is 1690. The summed E-state index contributed by atoms with van der Waals surface area (Å²) in [5.41, 5.74) is 0. The number of rotatable bonds is 48. The van der Waals surface area contributed by atoms with Crippen LogP contribution in [-0.4, -0.2) is 99.6 Å². The average molecular weight is 1060 g/mol. The van der Waals surface area contributed by atoms with E-state index in [9.17, 15) is 35.1 Å². The summed E-state index contributed by atoms with van der Waals surface area (Å²) < 4.78 is 17.5. The molecular formula is C65H107NO10. The first-order valence-corrected chi connectivity index (χ1v) is 29.9. The predicted molar refractivity (Wildman–Crippen MR) is 314 cm³/mol. The van der Waals surface area contributed by atoms with Crippen LogP contribution in [0, 0.1) is 0 Å². The Morgan fingerprint density at radius 1 is 0.539 bits per heavy atom. The Morgan fingerprint density at radius 2 is 1.00 bits per heavy atom. The van der Waals surface area contributed by atoms with Crippen molar-refractivity contribution in [2.24, 2.45) is 0 Å². The van der Waals surface area contributed by atoms with Gasteiger partial charge in [0.15, 0.2) is 12.4 Å². The molecule has 1 rings (SSSR count). The van der Waals surface area contributed by atoms with Gasteiger partial charge in [0, 0.05) is 6.42 Å². The molecule has 1 heterocycles. The highest BCUT2D eigenvalue weighted by atomic mass is 16.7. The van der Waals surface area contributed by atoms with Crippen LogP contribution in [0.15, 0.2) is 122 Å². The standard InChI is InChI=1S/C65H107NO10/c1-4-7-10-13-16-19-22-25-27-28-29-30-31-33-34-37-40-43-46-49-52-58(69)64(73)66-56(57(68)51-48-45-42-39-36-24-21-18-15-12-9-6-3)55-74-65-63(62(72)61(71)59(54-67)75-65)76-60(70)53-50-47-44-41-38-35-32-26-23-20-17-14-11-8-5-2/h8,11,14,16-17,19-20,23,25-27,29-30,32-35,38,48,51,56-59,61-63,65,67-69,71-72H,4-7,9-10,12-13,15,18,21-22,24,28,31,36-37,39-47,49-50,52-55H2,1-3H3,(H,66,73)/b11-8+,17-14+,19-16-,23-20-,27-25-,30-29-,32-26-,34-33-,38-35+,51-48+. The molecule has 0 aromatic carbocycles. The Balaban J connectivity index is 2.76. The summed E-state index contributed by atoms with van der Waals surface area (Å²) in [5, 5.41) is 56.9. The van der Waals surface area contributed by atoms with E-state index in [1.54, 1.807) is 6.08 Å². The second kappa shape index (κ2) is 51.8. The molecule has 0 spiro atoms. The molecular weight excluding hydrogens is 955 g/mol. The van der Waals surface area contributed by atoms with E-state index in [4.69, 9.17) is 14.2 Å². The average Bonchev–Trinajstić information content (AvgIpc) is 3.42. The lowest BCUT2D eigenvalue weighted by Gasteiger charge is -2.41. The maximum absolute atomic E-state index is 13.4. The van der Waals surface area contributed by atoms with E-state index in [2.05, 4.69) is 86.8 Å². The number of esters is 1. The van der Waals surface area contributed by atoms with Crippen LogP contribution < -0.4 is 5.32 Å². The SMILES string of the molecule is CC/C=C/C=C/C=C\C=C/C=C/CCCCCC(=O)OC1C(OCC(NC(=O)C(O)CCCCCC/C=C\C/C=C\C/C=C\C/C=C\CCCCC)C(O)/C=C/CCCCCCCCCCCC)OC(CO)C(O)C1O. The second-order valence-corrected chi connectivity index (χ2v) is 20.1. The molecule has 1 amide bonds. The van der Waals surface area contributed by atoms with Crippen LogP contribution >= 0.6 is 0 Å². The predicted octanol–water partition coefficient (Wildman–Crippen LogP) is 13.9. The van der Waals surface area contributed by atoms with Crippen LogP contribution in [0.4, 0.5) is 0 Å². The van der Waals surface area contributed by atoms with Crippen molar-refractivity contribution >= 4 is 11.9 Å². The van der Waals surface area contributed by atoms with Crippen LogP contribution in [0.25, 0.3) is 0 Å². The van der Waals surface area contributed by atoms with Gasteiger partial charge in [-0.3, -0.25) is 9.59 Å². The number of amides is 1. The van der Waals surface area contributed by atoms with Gasteiger partial charge in [-0.2, -0.15) is 0 Å². The minimum Gasteiger partial charge on any atom is -0.454 e. The maximum atomic E-state index is 13.4. The zero-order valence-corrected chi connectivity index (χ0v) is 47.6. The van der Waals surface area contributed by atoms with Crippen molar-refractivity contribution in [3.63, 3.8) is 0 Å². The lowest BCUT2D eigenvalue weighted by Crippen LogP contribution is -2.61. The first-order valence-electron chi connectivity index (χ1n) is 29.9. The van der Waals surface area contributed by atoms with Crippen LogP contribution in [-0.2, 0) is 23.8 Å². The zero-order chi connectivity index (χ0) is 55.4. The van der Waals surface area contributed by atoms with Gasteiger partial charge in [0.25, 0.3) is 0 Å². The lowest BCUT2D eigenvalue weighted by molar-refractivity contribution is -0.305. The monoisotopic (exact) mass is 1060 g/mol. The fourth-order valence-corrected chi connectivity index (χ4v) is 8.48. The number of carbonyl (C=O) groups excluding carboxylic acids is 2. The Hall–Kier alpha value is -3.94. The molecule has 432 valence electrons. The molecule has 0 aromatic rings. The summed E-state index contributed by atoms with van der Waals surface area (Å²) in [6.07, 6.45) is 60.9. The summed E-state index contributed by atoms with van der Waals surface area (Å²) in [6.45, 7) is 5.55. The third-order valence-corrected chi connectivity index (χ3v) is 13.2.